The van der Waals surface area contributed by atoms with E-state index in [-0.39, 0.29) is 11.9 Å². The van der Waals surface area contributed by atoms with Crippen molar-refractivity contribution in [2.75, 3.05) is 18.0 Å². The SMILES string of the molecule is CC(c1cncc(F)c1)N1CC(CCN)c2ccccc21. The van der Waals surface area contributed by atoms with Gasteiger partial charge in [-0.15, -0.1) is 0 Å². The third-order valence-corrected chi connectivity index (χ3v) is 4.29. The highest BCUT2D eigenvalue weighted by Crippen LogP contribution is 2.41. The Labute approximate surface area is 124 Å². The van der Waals surface area contributed by atoms with Crippen LogP contribution in [0, 0.1) is 5.82 Å². The van der Waals surface area contributed by atoms with Gasteiger partial charge < -0.3 is 10.6 Å². The third kappa shape index (κ3) is 2.63. The first-order chi connectivity index (χ1) is 10.2. The van der Waals surface area contributed by atoms with Gasteiger partial charge >= 0.3 is 0 Å². The van der Waals surface area contributed by atoms with Crippen LogP contribution in [0.25, 0.3) is 0 Å². The van der Waals surface area contributed by atoms with Crippen molar-refractivity contribution >= 4 is 5.69 Å². The van der Waals surface area contributed by atoms with Gasteiger partial charge in [-0.3, -0.25) is 4.98 Å². The van der Waals surface area contributed by atoms with E-state index >= 15 is 0 Å². The fraction of sp³-hybridized carbons (Fsp3) is 0.353. The van der Waals surface area contributed by atoms with Crippen LogP contribution in [0.5, 0.6) is 0 Å². The Balaban J connectivity index is 1.93. The first-order valence-electron chi connectivity index (χ1n) is 7.36. The van der Waals surface area contributed by atoms with Gasteiger partial charge in [-0.1, -0.05) is 18.2 Å². The minimum Gasteiger partial charge on any atom is -0.364 e. The van der Waals surface area contributed by atoms with Crippen LogP contribution >= 0.6 is 0 Å². The second kappa shape index (κ2) is 5.82. The smallest absolute Gasteiger partial charge is 0.141 e. The molecule has 0 bridgehead atoms. The van der Waals surface area contributed by atoms with Gasteiger partial charge in [0.2, 0.25) is 0 Å². The van der Waals surface area contributed by atoms with E-state index in [9.17, 15) is 4.39 Å². The third-order valence-electron chi connectivity index (χ3n) is 4.29. The van der Waals surface area contributed by atoms with Gasteiger partial charge in [0, 0.05) is 24.3 Å². The van der Waals surface area contributed by atoms with Gasteiger partial charge in [0.05, 0.1) is 12.2 Å². The summed E-state index contributed by atoms with van der Waals surface area (Å²) in [5.74, 6) is 0.167. The van der Waals surface area contributed by atoms with Gasteiger partial charge in [0.1, 0.15) is 5.82 Å². The fourth-order valence-electron chi connectivity index (χ4n) is 3.18. The Morgan fingerprint density at radius 2 is 2.19 bits per heavy atom. The molecule has 4 heteroatoms. The predicted octanol–water partition coefficient (Wildman–Crippen LogP) is 3.23. The van der Waals surface area contributed by atoms with Gasteiger partial charge in [-0.05, 0) is 43.1 Å². The molecule has 0 spiro atoms. The Hall–Kier alpha value is -1.94. The summed E-state index contributed by atoms with van der Waals surface area (Å²) in [6, 6.07) is 10.1. The molecular formula is C17H20FN3. The molecule has 110 valence electrons. The average Bonchev–Trinajstić information content (AvgIpc) is 2.86. The average molecular weight is 285 g/mol. The number of nitrogens with two attached hydrogens (primary N) is 1. The fourth-order valence-corrected chi connectivity index (χ4v) is 3.18. The molecule has 0 amide bonds. The summed E-state index contributed by atoms with van der Waals surface area (Å²) < 4.78 is 13.4. The van der Waals surface area contributed by atoms with Crippen molar-refractivity contribution < 1.29 is 4.39 Å². The highest BCUT2D eigenvalue weighted by Gasteiger charge is 2.31. The molecule has 1 aliphatic rings. The number of rotatable bonds is 4. The lowest BCUT2D eigenvalue weighted by atomic mass is 9.98. The van der Waals surface area contributed by atoms with Crippen LogP contribution in [0.3, 0.4) is 0 Å². The molecule has 2 heterocycles. The van der Waals surface area contributed by atoms with Crippen LogP contribution in [-0.2, 0) is 0 Å². The maximum Gasteiger partial charge on any atom is 0.141 e. The molecule has 2 atom stereocenters. The summed E-state index contributed by atoms with van der Waals surface area (Å²) in [5.41, 5.74) is 9.22. The molecule has 1 aromatic heterocycles. The van der Waals surface area contributed by atoms with Crippen molar-refractivity contribution in [2.24, 2.45) is 5.73 Å². The van der Waals surface area contributed by atoms with Gasteiger partial charge in [0.25, 0.3) is 0 Å². The van der Waals surface area contributed by atoms with Crippen LogP contribution in [-0.4, -0.2) is 18.1 Å². The molecular weight excluding hydrogens is 265 g/mol. The zero-order valence-corrected chi connectivity index (χ0v) is 12.2. The number of nitrogens with zero attached hydrogens (tertiary/aromatic N) is 2. The molecule has 2 unspecified atom stereocenters. The van der Waals surface area contributed by atoms with Crippen molar-refractivity contribution in [1.29, 1.82) is 0 Å². The lowest BCUT2D eigenvalue weighted by Crippen LogP contribution is -2.26. The highest BCUT2D eigenvalue weighted by molar-refractivity contribution is 5.61. The zero-order chi connectivity index (χ0) is 14.8. The molecule has 0 fully saturated rings. The van der Waals surface area contributed by atoms with Crippen LogP contribution in [0.4, 0.5) is 10.1 Å². The number of para-hydroxylation sites is 1. The van der Waals surface area contributed by atoms with Gasteiger partial charge in [-0.25, -0.2) is 4.39 Å². The van der Waals surface area contributed by atoms with E-state index in [0.29, 0.717) is 12.5 Å². The number of anilines is 1. The van der Waals surface area contributed by atoms with E-state index in [1.807, 2.05) is 6.07 Å². The second-order valence-corrected chi connectivity index (χ2v) is 5.60. The van der Waals surface area contributed by atoms with Crippen LogP contribution < -0.4 is 10.6 Å². The molecule has 3 nitrogen and oxygen atoms in total. The number of benzene rings is 1. The molecule has 1 aromatic carbocycles. The normalized spacial score (nSPS) is 18.6. The van der Waals surface area contributed by atoms with Gasteiger partial charge in [-0.2, -0.15) is 0 Å². The zero-order valence-electron chi connectivity index (χ0n) is 12.2. The molecule has 0 saturated heterocycles. The van der Waals surface area contributed by atoms with Crippen molar-refractivity contribution in [1.82, 2.24) is 4.98 Å². The maximum absolute atomic E-state index is 13.4. The molecule has 21 heavy (non-hydrogen) atoms. The summed E-state index contributed by atoms with van der Waals surface area (Å²) >= 11 is 0. The summed E-state index contributed by atoms with van der Waals surface area (Å²) in [6.45, 7) is 3.70. The van der Waals surface area contributed by atoms with Crippen LogP contribution in [0.15, 0.2) is 42.7 Å². The highest BCUT2D eigenvalue weighted by atomic mass is 19.1. The minimum absolute atomic E-state index is 0.0946. The number of hydrogen-bond acceptors (Lipinski definition) is 3. The Morgan fingerprint density at radius 3 is 2.95 bits per heavy atom. The second-order valence-electron chi connectivity index (χ2n) is 5.60. The predicted molar refractivity (Wildman–Crippen MR) is 82.8 cm³/mol. The first-order valence-corrected chi connectivity index (χ1v) is 7.36. The van der Waals surface area contributed by atoms with Crippen molar-refractivity contribution in [2.45, 2.75) is 25.3 Å². The van der Waals surface area contributed by atoms with Crippen molar-refractivity contribution in [3.05, 3.63) is 59.7 Å². The number of fused-ring (bicyclic) bond motifs is 1. The van der Waals surface area contributed by atoms with Crippen molar-refractivity contribution in [3.63, 3.8) is 0 Å². The molecule has 2 aromatic rings. The monoisotopic (exact) mass is 285 g/mol. The summed E-state index contributed by atoms with van der Waals surface area (Å²) in [4.78, 5) is 6.29. The van der Waals surface area contributed by atoms with E-state index in [4.69, 9.17) is 5.73 Å². The molecule has 0 aliphatic carbocycles. The minimum atomic E-state index is -0.287. The quantitative estimate of drug-likeness (QED) is 0.937. The van der Waals surface area contributed by atoms with E-state index in [1.54, 1.807) is 12.3 Å². The van der Waals surface area contributed by atoms with E-state index < -0.39 is 0 Å². The Kier molecular flexibility index (Phi) is 3.88. The number of pyridine rings is 1. The van der Waals surface area contributed by atoms with E-state index in [1.165, 1.54) is 17.4 Å². The van der Waals surface area contributed by atoms with Gasteiger partial charge in [0.15, 0.2) is 0 Å². The standard InChI is InChI=1S/C17H20FN3/c1-12(14-8-15(18)10-20-9-14)21-11-13(6-7-19)16-4-2-3-5-17(16)21/h2-5,8-10,12-13H,6-7,11,19H2,1H3. The summed E-state index contributed by atoms with van der Waals surface area (Å²) in [5, 5.41) is 0. The number of hydrogen-bond donors (Lipinski definition) is 1. The molecule has 2 N–H and O–H groups in total. The molecule has 3 rings (SSSR count). The van der Waals surface area contributed by atoms with Crippen molar-refractivity contribution in [3.8, 4) is 0 Å². The maximum atomic E-state index is 13.4. The lowest BCUT2D eigenvalue weighted by Gasteiger charge is -2.28. The summed E-state index contributed by atoms with van der Waals surface area (Å²) in [6.07, 6.45) is 3.96. The molecule has 1 aliphatic heterocycles. The first kappa shape index (κ1) is 14.0. The number of aromatic nitrogens is 1. The Bertz CT molecular complexity index is 629. The molecule has 0 saturated carbocycles. The topological polar surface area (TPSA) is 42.2 Å². The molecule has 0 radical (unpaired) electrons. The number of halogens is 1. The van der Waals surface area contributed by atoms with E-state index in [0.717, 1.165) is 18.5 Å². The van der Waals surface area contributed by atoms with Crippen LogP contribution in [0.2, 0.25) is 0 Å². The van der Waals surface area contributed by atoms with E-state index in [2.05, 4.69) is 35.0 Å². The van der Waals surface area contributed by atoms with Crippen LogP contribution in [0.1, 0.15) is 36.4 Å². The largest absolute Gasteiger partial charge is 0.364 e. The Morgan fingerprint density at radius 1 is 1.38 bits per heavy atom. The summed E-state index contributed by atoms with van der Waals surface area (Å²) in [7, 11) is 0. The lowest BCUT2D eigenvalue weighted by molar-refractivity contribution is 0.591.